The van der Waals surface area contributed by atoms with E-state index in [9.17, 15) is 10.1 Å². The summed E-state index contributed by atoms with van der Waals surface area (Å²) >= 11 is 0. The summed E-state index contributed by atoms with van der Waals surface area (Å²) in [7, 11) is 3.30. The van der Waals surface area contributed by atoms with Crippen molar-refractivity contribution in [2.75, 3.05) is 27.3 Å². The maximum absolute atomic E-state index is 10.9. The number of hydrogen-bond donors (Lipinski definition) is 0. The van der Waals surface area contributed by atoms with E-state index >= 15 is 0 Å². The average Bonchev–Trinajstić information content (AvgIpc) is 2.72. The molecule has 1 aliphatic heterocycles. The Hall–Kier alpha value is -2.60. The first-order valence-electron chi connectivity index (χ1n) is 9.30. The molecule has 0 saturated carbocycles. The van der Waals surface area contributed by atoms with Gasteiger partial charge in [0.1, 0.15) is 0 Å². The van der Waals surface area contributed by atoms with Crippen LogP contribution in [-0.2, 0) is 19.4 Å². The van der Waals surface area contributed by atoms with Crippen molar-refractivity contribution in [3.8, 4) is 11.5 Å². The van der Waals surface area contributed by atoms with E-state index in [-0.39, 0.29) is 10.6 Å². The third kappa shape index (κ3) is 5.20. The van der Waals surface area contributed by atoms with Crippen molar-refractivity contribution in [3.63, 3.8) is 0 Å². The maximum atomic E-state index is 10.9. The fraction of sp³-hybridized carbons (Fsp3) is 0.429. The molecule has 0 bridgehead atoms. The van der Waals surface area contributed by atoms with Gasteiger partial charge in [-0.05, 0) is 41.7 Å². The molecule has 146 valence electrons. The van der Waals surface area contributed by atoms with Crippen LogP contribution in [-0.4, -0.2) is 37.1 Å². The number of nitrogens with zero attached hydrogens (tertiary/aromatic N) is 2. The summed E-state index contributed by atoms with van der Waals surface area (Å²) in [6, 6.07) is 11.0. The molecule has 1 heterocycles. The first-order chi connectivity index (χ1) is 13.1. The summed E-state index contributed by atoms with van der Waals surface area (Å²) in [6.45, 7) is 6.69. The highest BCUT2D eigenvalue weighted by Crippen LogP contribution is 2.33. The Kier molecular flexibility index (Phi) is 7.61. The number of benzene rings is 2. The molecule has 27 heavy (non-hydrogen) atoms. The number of ether oxygens (including phenoxy) is 2. The Bertz CT molecular complexity index is 777. The molecule has 0 unspecified atom stereocenters. The van der Waals surface area contributed by atoms with Crippen LogP contribution in [0.1, 0.15) is 30.5 Å². The van der Waals surface area contributed by atoms with Crippen LogP contribution in [0.3, 0.4) is 0 Å². The predicted molar refractivity (Wildman–Crippen MR) is 107 cm³/mol. The lowest BCUT2D eigenvalue weighted by Crippen LogP contribution is -2.32. The number of fused-ring (bicyclic) bond motifs is 1. The van der Waals surface area contributed by atoms with Crippen LogP contribution in [0.4, 0.5) is 5.69 Å². The summed E-state index contributed by atoms with van der Waals surface area (Å²) < 4.78 is 10.8. The molecule has 2 aromatic carbocycles. The van der Waals surface area contributed by atoms with E-state index in [4.69, 9.17) is 9.47 Å². The Balaban J connectivity index is 0.00000126. The molecule has 0 fully saturated rings. The topological polar surface area (TPSA) is 64.8 Å². The molecule has 0 amide bonds. The molecule has 0 spiro atoms. The van der Waals surface area contributed by atoms with Crippen molar-refractivity contribution in [3.05, 3.63) is 63.2 Å². The zero-order valence-corrected chi connectivity index (χ0v) is 16.5. The van der Waals surface area contributed by atoms with E-state index in [0.717, 1.165) is 49.5 Å². The van der Waals surface area contributed by atoms with Gasteiger partial charge in [0, 0.05) is 31.8 Å². The summed E-state index contributed by atoms with van der Waals surface area (Å²) in [5.41, 5.74) is 3.69. The monoisotopic (exact) mass is 372 g/mol. The van der Waals surface area contributed by atoms with E-state index in [1.165, 1.54) is 17.2 Å². The molecule has 3 rings (SSSR count). The highest BCUT2D eigenvalue weighted by Gasteiger charge is 2.19. The predicted octanol–water partition coefficient (Wildman–Crippen LogP) is 4.24. The maximum Gasteiger partial charge on any atom is 0.269 e. The molecule has 0 N–H and O–H groups in total. The largest absolute Gasteiger partial charge is 0.493 e. The number of hydrogen-bond acceptors (Lipinski definition) is 5. The Labute approximate surface area is 160 Å². The molecular formula is C21H28N2O4. The molecule has 0 aromatic heterocycles. The number of nitro benzene ring substituents is 1. The van der Waals surface area contributed by atoms with Crippen LogP contribution < -0.4 is 9.47 Å². The minimum atomic E-state index is -0.347. The number of nitro groups is 1. The van der Waals surface area contributed by atoms with Crippen molar-refractivity contribution >= 4 is 5.69 Å². The van der Waals surface area contributed by atoms with E-state index in [1.807, 2.05) is 26.0 Å². The van der Waals surface area contributed by atoms with E-state index in [0.29, 0.717) is 0 Å². The first-order valence-corrected chi connectivity index (χ1v) is 9.30. The lowest BCUT2D eigenvalue weighted by atomic mass is 9.98. The van der Waals surface area contributed by atoms with Gasteiger partial charge in [0.2, 0.25) is 0 Å². The van der Waals surface area contributed by atoms with Crippen LogP contribution in [0.5, 0.6) is 11.5 Å². The van der Waals surface area contributed by atoms with Gasteiger partial charge in [0.15, 0.2) is 11.5 Å². The van der Waals surface area contributed by atoms with Gasteiger partial charge < -0.3 is 9.47 Å². The van der Waals surface area contributed by atoms with Gasteiger partial charge in [0.25, 0.3) is 5.69 Å². The fourth-order valence-electron chi connectivity index (χ4n) is 3.25. The summed E-state index contributed by atoms with van der Waals surface area (Å²) in [5, 5.41) is 10.9. The fourth-order valence-corrected chi connectivity index (χ4v) is 3.25. The van der Waals surface area contributed by atoms with Crippen LogP contribution in [0.25, 0.3) is 0 Å². The van der Waals surface area contributed by atoms with Gasteiger partial charge in [0.05, 0.1) is 19.1 Å². The standard InChI is InChI=1S/C19H22N2O4.C2H6/c1-24-18-11-15-7-9-20(13-16(15)12-19(18)25-2)8-6-14-4-3-5-17(10-14)21(22)23;1-2/h3-5,10-12H,6-9,13H2,1-2H3;1-2H3. The number of rotatable bonds is 6. The molecule has 1 aliphatic rings. The van der Waals surface area contributed by atoms with Crippen LogP contribution >= 0.6 is 0 Å². The summed E-state index contributed by atoms with van der Waals surface area (Å²) in [4.78, 5) is 12.9. The van der Waals surface area contributed by atoms with Crippen molar-refractivity contribution in [2.24, 2.45) is 0 Å². The zero-order chi connectivity index (χ0) is 19.8. The third-order valence-corrected chi connectivity index (χ3v) is 4.64. The van der Waals surface area contributed by atoms with Gasteiger partial charge in [-0.2, -0.15) is 0 Å². The minimum absolute atomic E-state index is 0.151. The number of non-ortho nitro benzene ring substituents is 1. The van der Waals surface area contributed by atoms with Crippen LogP contribution in [0.2, 0.25) is 0 Å². The molecule has 0 atom stereocenters. The second-order valence-electron chi connectivity index (χ2n) is 6.18. The van der Waals surface area contributed by atoms with Crippen LogP contribution in [0, 0.1) is 10.1 Å². The third-order valence-electron chi connectivity index (χ3n) is 4.64. The van der Waals surface area contributed by atoms with Gasteiger partial charge >= 0.3 is 0 Å². The molecular weight excluding hydrogens is 344 g/mol. The zero-order valence-electron chi connectivity index (χ0n) is 16.5. The molecule has 0 aliphatic carbocycles. The van der Waals surface area contributed by atoms with Crippen molar-refractivity contribution < 1.29 is 14.4 Å². The lowest BCUT2D eigenvalue weighted by Gasteiger charge is -2.29. The molecule has 0 saturated heterocycles. The summed E-state index contributed by atoms with van der Waals surface area (Å²) in [6.07, 6.45) is 1.76. The summed E-state index contributed by atoms with van der Waals surface area (Å²) in [5.74, 6) is 1.52. The second-order valence-corrected chi connectivity index (χ2v) is 6.18. The van der Waals surface area contributed by atoms with Crippen LogP contribution in [0.15, 0.2) is 36.4 Å². The van der Waals surface area contributed by atoms with Gasteiger partial charge in [-0.3, -0.25) is 15.0 Å². The second kappa shape index (κ2) is 9.92. The SMILES string of the molecule is CC.COc1cc2c(cc1OC)CN(CCc1cccc([N+](=O)[O-])c1)CC2. The molecule has 0 radical (unpaired) electrons. The van der Waals surface area contributed by atoms with E-state index < -0.39 is 0 Å². The van der Waals surface area contributed by atoms with Gasteiger partial charge in [-0.1, -0.05) is 26.0 Å². The highest BCUT2D eigenvalue weighted by atomic mass is 16.6. The highest BCUT2D eigenvalue weighted by molar-refractivity contribution is 5.48. The number of methoxy groups -OCH3 is 2. The molecule has 6 nitrogen and oxygen atoms in total. The lowest BCUT2D eigenvalue weighted by molar-refractivity contribution is -0.384. The van der Waals surface area contributed by atoms with Crippen molar-refractivity contribution in [1.29, 1.82) is 0 Å². The quantitative estimate of drug-likeness (QED) is 0.560. The Morgan fingerprint density at radius 2 is 1.74 bits per heavy atom. The molecule has 6 heteroatoms. The normalized spacial score (nSPS) is 13.2. The minimum Gasteiger partial charge on any atom is -0.493 e. The van der Waals surface area contributed by atoms with Gasteiger partial charge in [-0.25, -0.2) is 0 Å². The van der Waals surface area contributed by atoms with Crippen molar-refractivity contribution in [2.45, 2.75) is 33.2 Å². The smallest absolute Gasteiger partial charge is 0.269 e. The Morgan fingerprint density at radius 1 is 1.07 bits per heavy atom. The van der Waals surface area contributed by atoms with E-state index in [1.54, 1.807) is 26.4 Å². The Morgan fingerprint density at radius 3 is 2.37 bits per heavy atom. The first kappa shape index (κ1) is 20.7. The van der Waals surface area contributed by atoms with E-state index in [2.05, 4.69) is 11.0 Å². The average molecular weight is 372 g/mol. The van der Waals surface area contributed by atoms with Gasteiger partial charge in [-0.15, -0.1) is 0 Å². The van der Waals surface area contributed by atoms with Crippen molar-refractivity contribution in [1.82, 2.24) is 4.90 Å². The molecule has 2 aromatic rings.